The Morgan fingerprint density at radius 2 is 1.69 bits per heavy atom. The summed E-state index contributed by atoms with van der Waals surface area (Å²) in [6.07, 6.45) is 6.41. The van der Waals surface area contributed by atoms with E-state index in [0.29, 0.717) is 30.6 Å². The molecule has 1 heterocycles. The van der Waals surface area contributed by atoms with Crippen LogP contribution in [-0.2, 0) is 9.59 Å². The number of benzene rings is 1. The highest BCUT2D eigenvalue weighted by molar-refractivity contribution is 6.47. The van der Waals surface area contributed by atoms with Gasteiger partial charge in [0.2, 0.25) is 0 Å². The van der Waals surface area contributed by atoms with Gasteiger partial charge < -0.3 is 15.7 Å². The van der Waals surface area contributed by atoms with Gasteiger partial charge in [-0.2, -0.15) is 0 Å². The molecule has 0 saturated heterocycles. The number of nitrogens with one attached hydrogen (secondary N) is 2. The van der Waals surface area contributed by atoms with Gasteiger partial charge in [-0.15, -0.1) is 0 Å². The third kappa shape index (κ3) is 4.65. The first-order valence-corrected chi connectivity index (χ1v) is 12.5. The van der Waals surface area contributed by atoms with Gasteiger partial charge in [-0.3, -0.25) is 14.6 Å². The molecule has 1 fully saturated rings. The number of amides is 1. The number of carboxylic acids is 1. The lowest BCUT2D eigenvalue weighted by molar-refractivity contribution is -0.140. The smallest absolute Gasteiger partial charge is 0.326 e. The van der Waals surface area contributed by atoms with Crippen molar-refractivity contribution in [1.82, 2.24) is 10.3 Å². The van der Waals surface area contributed by atoms with Gasteiger partial charge in [0.1, 0.15) is 11.1 Å². The lowest BCUT2D eigenvalue weighted by atomic mass is 9.69. The van der Waals surface area contributed by atoms with Crippen molar-refractivity contribution in [2.24, 2.45) is 5.41 Å². The fourth-order valence-electron chi connectivity index (χ4n) is 5.03. The van der Waals surface area contributed by atoms with E-state index in [0.717, 1.165) is 18.4 Å². The van der Waals surface area contributed by atoms with Crippen LogP contribution >= 0.6 is 34.8 Å². The minimum absolute atomic E-state index is 0.0918. The van der Waals surface area contributed by atoms with E-state index < -0.39 is 29.3 Å². The molecule has 1 saturated carbocycles. The lowest BCUT2D eigenvalue weighted by Gasteiger charge is -2.42. The van der Waals surface area contributed by atoms with E-state index in [9.17, 15) is 19.5 Å². The molecule has 2 aliphatic rings. The standard InChI is InChI=1S/C25H24Cl3N3O4/c1-2-15(20(24(34)35)31-21-19(28)22(32)25(21)9-3-4-10-25)13-5-7-14(8-6-13)30-23(33)18-16(26)11-29-12-17(18)27/h5-8,11-12,15,20,31H,2-4,9-10H2,1H3,(H,30,33)(H,34,35)/t15?,20-/m0/s1. The molecule has 2 atom stereocenters. The first-order valence-electron chi connectivity index (χ1n) is 11.3. The average Bonchev–Trinajstić information content (AvgIpc) is 3.34. The van der Waals surface area contributed by atoms with Crippen LogP contribution in [0.4, 0.5) is 5.69 Å². The van der Waals surface area contributed by atoms with Crippen molar-refractivity contribution in [3.8, 4) is 0 Å². The summed E-state index contributed by atoms with van der Waals surface area (Å²) in [7, 11) is 0. The number of nitrogens with zero attached hydrogens (tertiary/aromatic N) is 1. The molecular weight excluding hydrogens is 513 g/mol. The Labute approximate surface area is 217 Å². The molecule has 0 aliphatic heterocycles. The molecule has 4 rings (SSSR count). The highest BCUT2D eigenvalue weighted by atomic mass is 35.5. The van der Waals surface area contributed by atoms with E-state index in [4.69, 9.17) is 34.8 Å². The number of carboxylic acid groups (broad SMARTS) is 1. The van der Waals surface area contributed by atoms with Crippen LogP contribution in [0.15, 0.2) is 47.4 Å². The van der Waals surface area contributed by atoms with Crippen LogP contribution in [0.2, 0.25) is 10.0 Å². The Kier molecular flexibility index (Phi) is 7.40. The number of hydrogen-bond donors (Lipinski definition) is 3. The van der Waals surface area contributed by atoms with Gasteiger partial charge in [-0.1, -0.05) is 66.7 Å². The predicted octanol–water partition coefficient (Wildman–Crippen LogP) is 5.77. The van der Waals surface area contributed by atoms with E-state index in [2.05, 4.69) is 15.6 Å². The van der Waals surface area contributed by atoms with Crippen LogP contribution in [0, 0.1) is 5.41 Å². The summed E-state index contributed by atoms with van der Waals surface area (Å²) in [6.45, 7) is 1.90. The number of pyridine rings is 1. The number of carbonyl (C=O) groups excluding carboxylic acids is 2. The van der Waals surface area contributed by atoms with Gasteiger partial charge >= 0.3 is 5.97 Å². The fraction of sp³-hybridized carbons (Fsp3) is 0.360. The van der Waals surface area contributed by atoms with Crippen LogP contribution in [0.25, 0.3) is 0 Å². The van der Waals surface area contributed by atoms with Gasteiger partial charge in [0, 0.05) is 29.7 Å². The highest BCUT2D eigenvalue weighted by Gasteiger charge is 2.55. The van der Waals surface area contributed by atoms with Gasteiger partial charge in [0.15, 0.2) is 5.78 Å². The van der Waals surface area contributed by atoms with Gasteiger partial charge in [-0.05, 0) is 37.0 Å². The van der Waals surface area contributed by atoms with Crippen LogP contribution < -0.4 is 10.6 Å². The van der Waals surface area contributed by atoms with E-state index in [1.807, 2.05) is 6.92 Å². The number of Topliss-reactive ketones (excluding diaryl/α,β-unsaturated/α-hetero) is 1. The van der Waals surface area contributed by atoms with E-state index in [1.165, 1.54) is 12.4 Å². The lowest BCUT2D eigenvalue weighted by Crippen LogP contribution is -2.52. The van der Waals surface area contributed by atoms with Crippen LogP contribution in [0.1, 0.15) is 60.9 Å². The van der Waals surface area contributed by atoms with Gasteiger partial charge in [0.05, 0.1) is 21.0 Å². The Morgan fingerprint density at radius 3 is 2.23 bits per heavy atom. The molecule has 0 radical (unpaired) electrons. The number of rotatable bonds is 8. The maximum Gasteiger partial charge on any atom is 0.326 e. The van der Waals surface area contributed by atoms with Crippen molar-refractivity contribution in [1.29, 1.82) is 0 Å². The van der Waals surface area contributed by atoms with Crippen molar-refractivity contribution in [2.45, 2.75) is 51.0 Å². The SMILES string of the molecule is CCC(c1ccc(NC(=O)c2c(Cl)cncc2Cl)cc1)[C@H](NC1=C(Cl)C(=O)C12CCCC2)C(=O)O. The molecule has 0 bridgehead atoms. The van der Waals surface area contributed by atoms with Crippen molar-refractivity contribution >= 4 is 58.1 Å². The molecule has 2 aromatic rings. The van der Waals surface area contributed by atoms with Gasteiger partial charge in [0.25, 0.3) is 5.91 Å². The Morgan fingerprint density at radius 1 is 1.09 bits per heavy atom. The number of allylic oxidation sites excluding steroid dienone is 2. The minimum Gasteiger partial charge on any atom is -0.480 e. The third-order valence-electron chi connectivity index (χ3n) is 6.87. The number of hydrogen-bond acceptors (Lipinski definition) is 5. The largest absolute Gasteiger partial charge is 0.480 e. The summed E-state index contributed by atoms with van der Waals surface area (Å²) in [5.41, 5.74) is 1.29. The summed E-state index contributed by atoms with van der Waals surface area (Å²) in [5, 5.41) is 16.3. The Hall–Kier alpha value is -2.61. The molecule has 2 aliphatic carbocycles. The van der Waals surface area contributed by atoms with Gasteiger partial charge in [-0.25, -0.2) is 4.79 Å². The monoisotopic (exact) mass is 535 g/mol. The minimum atomic E-state index is -1.03. The second-order valence-corrected chi connectivity index (χ2v) is 10.0. The third-order valence-corrected chi connectivity index (χ3v) is 7.81. The number of carbonyl (C=O) groups is 3. The summed E-state index contributed by atoms with van der Waals surface area (Å²) in [4.78, 5) is 41.2. The second kappa shape index (κ2) is 10.2. The van der Waals surface area contributed by atoms with Crippen molar-refractivity contribution in [2.75, 3.05) is 5.32 Å². The normalized spacial score (nSPS) is 18.2. The molecule has 35 heavy (non-hydrogen) atoms. The van der Waals surface area contributed by atoms with Crippen LogP contribution in [-0.4, -0.2) is 33.8 Å². The number of aliphatic carboxylic acids is 1. The summed E-state index contributed by atoms with van der Waals surface area (Å²) >= 11 is 18.3. The molecule has 1 spiro atoms. The molecule has 1 aromatic carbocycles. The molecule has 10 heteroatoms. The zero-order chi connectivity index (χ0) is 25.3. The van der Waals surface area contributed by atoms with Crippen molar-refractivity contribution in [3.05, 3.63) is 68.6 Å². The highest BCUT2D eigenvalue weighted by Crippen LogP contribution is 2.54. The molecule has 1 unspecified atom stereocenters. The first-order chi connectivity index (χ1) is 16.7. The number of anilines is 1. The van der Waals surface area contributed by atoms with E-state index in [1.54, 1.807) is 24.3 Å². The quantitative estimate of drug-likeness (QED) is 0.395. The van der Waals surface area contributed by atoms with Crippen molar-refractivity contribution in [3.63, 3.8) is 0 Å². The fourth-order valence-corrected chi connectivity index (χ4v) is 5.98. The zero-order valence-corrected chi connectivity index (χ0v) is 21.2. The maximum absolute atomic E-state index is 12.6. The topological polar surface area (TPSA) is 108 Å². The Bertz CT molecular complexity index is 1190. The molecular formula is C25H24Cl3N3O4. The maximum atomic E-state index is 12.6. The molecule has 1 aromatic heterocycles. The summed E-state index contributed by atoms with van der Waals surface area (Å²) in [6, 6.07) is 5.95. The van der Waals surface area contributed by atoms with Crippen LogP contribution in [0.5, 0.6) is 0 Å². The second-order valence-electron chi connectivity index (χ2n) is 8.84. The first kappa shape index (κ1) is 25.5. The van der Waals surface area contributed by atoms with E-state index >= 15 is 0 Å². The predicted molar refractivity (Wildman–Crippen MR) is 135 cm³/mol. The summed E-state index contributed by atoms with van der Waals surface area (Å²) in [5.74, 6) is -2.00. The summed E-state index contributed by atoms with van der Waals surface area (Å²) < 4.78 is 0. The van der Waals surface area contributed by atoms with Crippen molar-refractivity contribution < 1.29 is 19.5 Å². The number of aromatic nitrogens is 1. The van der Waals surface area contributed by atoms with Crippen LogP contribution in [0.3, 0.4) is 0 Å². The average molecular weight is 537 g/mol. The molecule has 1 amide bonds. The number of ketones is 1. The molecule has 7 nitrogen and oxygen atoms in total. The molecule has 184 valence electrons. The molecule has 3 N–H and O–H groups in total. The number of halogens is 3. The van der Waals surface area contributed by atoms with E-state index in [-0.39, 0.29) is 26.4 Å². The Balaban J connectivity index is 1.53. The zero-order valence-electron chi connectivity index (χ0n) is 18.9.